The molecule has 1 saturated heterocycles. The first-order valence-corrected chi connectivity index (χ1v) is 9.18. The van der Waals surface area contributed by atoms with E-state index in [4.69, 9.17) is 16.3 Å². The van der Waals surface area contributed by atoms with E-state index in [1.807, 2.05) is 18.2 Å². The number of hydrogen-bond donors (Lipinski definition) is 0. The molecule has 6 heteroatoms. The van der Waals surface area contributed by atoms with Crippen LogP contribution >= 0.6 is 11.6 Å². The van der Waals surface area contributed by atoms with Gasteiger partial charge in [-0.1, -0.05) is 17.7 Å². The van der Waals surface area contributed by atoms with Crippen molar-refractivity contribution in [2.24, 2.45) is 5.92 Å². The van der Waals surface area contributed by atoms with E-state index in [1.165, 1.54) is 11.8 Å². The summed E-state index contributed by atoms with van der Waals surface area (Å²) < 4.78 is 28.9. The minimum absolute atomic E-state index is 0.0824. The highest BCUT2D eigenvalue weighted by atomic mass is 35.5. The Morgan fingerprint density at radius 3 is 3.00 bits per heavy atom. The van der Waals surface area contributed by atoms with E-state index in [1.54, 1.807) is 0 Å². The predicted octanol–water partition coefficient (Wildman–Crippen LogP) is 1.76. The van der Waals surface area contributed by atoms with Gasteiger partial charge in [0.05, 0.1) is 25.0 Å². The van der Waals surface area contributed by atoms with Crippen LogP contribution in [-0.4, -0.2) is 46.2 Å². The first-order chi connectivity index (χ1) is 9.44. The van der Waals surface area contributed by atoms with Crippen LogP contribution in [0.25, 0.3) is 0 Å². The van der Waals surface area contributed by atoms with E-state index in [2.05, 4.69) is 4.90 Å². The van der Waals surface area contributed by atoms with Crippen LogP contribution in [0.15, 0.2) is 18.2 Å². The van der Waals surface area contributed by atoms with Gasteiger partial charge in [0.15, 0.2) is 0 Å². The average molecular weight is 316 g/mol. The molecule has 1 aromatic rings. The van der Waals surface area contributed by atoms with Gasteiger partial charge in [0.25, 0.3) is 0 Å². The Bertz CT molecular complexity index is 617. The maximum absolute atomic E-state index is 11.7. The van der Waals surface area contributed by atoms with Crippen LogP contribution in [0, 0.1) is 5.92 Å². The van der Waals surface area contributed by atoms with Crippen LogP contribution < -0.4 is 4.90 Å². The Kier molecular flexibility index (Phi) is 3.69. The second-order valence-electron chi connectivity index (χ2n) is 5.67. The molecule has 0 saturated carbocycles. The monoisotopic (exact) mass is 315 g/mol. The number of morpholine rings is 1. The predicted molar refractivity (Wildman–Crippen MR) is 80.3 cm³/mol. The highest BCUT2D eigenvalue weighted by Gasteiger charge is 2.37. The van der Waals surface area contributed by atoms with Gasteiger partial charge in [-0.05, 0) is 30.0 Å². The Hall–Kier alpha value is -0.780. The number of sulfone groups is 1. The second kappa shape index (κ2) is 5.20. The van der Waals surface area contributed by atoms with E-state index in [0.29, 0.717) is 13.2 Å². The Morgan fingerprint density at radius 2 is 2.25 bits per heavy atom. The number of hydrogen-bond acceptors (Lipinski definition) is 4. The molecule has 2 aliphatic rings. The smallest absolute Gasteiger partial charge is 0.147 e. The molecule has 0 spiro atoms. The van der Waals surface area contributed by atoms with Crippen molar-refractivity contribution < 1.29 is 13.2 Å². The van der Waals surface area contributed by atoms with Gasteiger partial charge in [-0.2, -0.15) is 0 Å². The number of anilines is 1. The van der Waals surface area contributed by atoms with Crippen molar-refractivity contribution in [3.8, 4) is 0 Å². The van der Waals surface area contributed by atoms with Gasteiger partial charge >= 0.3 is 0 Å². The molecule has 0 radical (unpaired) electrons. The van der Waals surface area contributed by atoms with Crippen LogP contribution in [0.3, 0.4) is 0 Å². The van der Waals surface area contributed by atoms with Gasteiger partial charge in [0.2, 0.25) is 0 Å². The molecule has 20 heavy (non-hydrogen) atoms. The van der Waals surface area contributed by atoms with Crippen LogP contribution in [0.1, 0.15) is 5.56 Å². The van der Waals surface area contributed by atoms with E-state index in [-0.39, 0.29) is 17.7 Å². The van der Waals surface area contributed by atoms with Crippen molar-refractivity contribution >= 4 is 27.1 Å². The molecule has 2 heterocycles. The third-order valence-electron chi connectivity index (χ3n) is 4.07. The first kappa shape index (κ1) is 14.2. The van der Waals surface area contributed by atoms with E-state index in [9.17, 15) is 8.42 Å². The lowest BCUT2D eigenvalue weighted by molar-refractivity contribution is 0.0756. The third kappa shape index (κ3) is 2.80. The van der Waals surface area contributed by atoms with Crippen molar-refractivity contribution in [2.45, 2.75) is 12.5 Å². The zero-order chi connectivity index (χ0) is 14.3. The summed E-state index contributed by atoms with van der Waals surface area (Å²) in [5.74, 6) is 0.290. The van der Waals surface area contributed by atoms with Gasteiger partial charge in [-0.25, -0.2) is 8.42 Å². The summed E-state index contributed by atoms with van der Waals surface area (Å²) in [7, 11) is -2.99. The molecule has 2 aliphatic heterocycles. The number of ether oxygens (including phenoxy) is 1. The van der Waals surface area contributed by atoms with Crippen molar-refractivity contribution in [3.05, 3.63) is 28.8 Å². The largest absolute Gasteiger partial charge is 0.377 e. The molecule has 0 amide bonds. The summed E-state index contributed by atoms with van der Waals surface area (Å²) in [6, 6.07) is 5.99. The molecule has 2 atom stereocenters. The fourth-order valence-corrected chi connectivity index (χ4v) is 4.55. The van der Waals surface area contributed by atoms with Gasteiger partial charge in [0.1, 0.15) is 9.84 Å². The normalized spacial score (nSPS) is 26.0. The molecule has 1 aromatic carbocycles. The molecule has 0 aliphatic carbocycles. The average Bonchev–Trinajstić information content (AvgIpc) is 2.38. The summed E-state index contributed by atoms with van der Waals surface area (Å²) in [4.78, 5) is 2.27. The van der Waals surface area contributed by atoms with Crippen LogP contribution in [0.4, 0.5) is 5.69 Å². The minimum Gasteiger partial charge on any atom is -0.377 e. The quantitative estimate of drug-likeness (QED) is 0.834. The van der Waals surface area contributed by atoms with Gasteiger partial charge in [-0.15, -0.1) is 0 Å². The van der Waals surface area contributed by atoms with Crippen LogP contribution in [-0.2, 0) is 21.0 Å². The minimum atomic E-state index is -2.99. The lowest BCUT2D eigenvalue weighted by atomic mass is 9.86. The van der Waals surface area contributed by atoms with Crippen LogP contribution in [0.5, 0.6) is 0 Å². The summed E-state index contributed by atoms with van der Waals surface area (Å²) in [6.07, 6.45) is 2.07. The summed E-state index contributed by atoms with van der Waals surface area (Å²) in [6.45, 7) is 2.05. The maximum Gasteiger partial charge on any atom is 0.147 e. The van der Waals surface area contributed by atoms with Crippen LogP contribution in [0.2, 0.25) is 5.02 Å². The van der Waals surface area contributed by atoms with Gasteiger partial charge in [0, 0.05) is 23.5 Å². The maximum atomic E-state index is 11.7. The number of halogens is 1. The third-order valence-corrected chi connectivity index (χ3v) is 5.33. The molecule has 4 nitrogen and oxygen atoms in total. The molecule has 0 aromatic heterocycles. The number of fused-ring (bicyclic) bond motifs is 3. The second-order valence-corrected chi connectivity index (χ2v) is 8.29. The number of rotatable bonds is 2. The fourth-order valence-electron chi connectivity index (χ4n) is 3.27. The Morgan fingerprint density at radius 1 is 1.45 bits per heavy atom. The van der Waals surface area contributed by atoms with E-state index < -0.39 is 9.84 Å². The number of nitrogens with zero attached hydrogens (tertiary/aromatic N) is 1. The van der Waals surface area contributed by atoms with Crippen molar-refractivity contribution in [2.75, 3.05) is 36.7 Å². The lowest BCUT2D eigenvalue weighted by Gasteiger charge is -2.46. The summed E-state index contributed by atoms with van der Waals surface area (Å²) >= 11 is 6.10. The van der Waals surface area contributed by atoms with Crippen molar-refractivity contribution in [1.82, 2.24) is 0 Å². The first-order valence-electron chi connectivity index (χ1n) is 6.74. The van der Waals surface area contributed by atoms with Gasteiger partial charge in [-0.3, -0.25) is 0 Å². The molecule has 0 N–H and O–H groups in total. The van der Waals surface area contributed by atoms with Gasteiger partial charge < -0.3 is 9.64 Å². The lowest BCUT2D eigenvalue weighted by Crippen LogP contribution is -2.54. The van der Waals surface area contributed by atoms with E-state index in [0.717, 1.165) is 23.7 Å². The number of benzene rings is 1. The fraction of sp³-hybridized carbons (Fsp3) is 0.571. The molecule has 2 unspecified atom stereocenters. The molecular formula is C14H18ClNO3S. The van der Waals surface area contributed by atoms with E-state index >= 15 is 0 Å². The topological polar surface area (TPSA) is 46.6 Å². The highest BCUT2D eigenvalue weighted by Crippen LogP contribution is 2.37. The van der Waals surface area contributed by atoms with Crippen molar-refractivity contribution in [1.29, 1.82) is 0 Å². The zero-order valence-corrected chi connectivity index (χ0v) is 13.0. The highest BCUT2D eigenvalue weighted by molar-refractivity contribution is 7.90. The van der Waals surface area contributed by atoms with Crippen molar-refractivity contribution in [3.63, 3.8) is 0 Å². The molecular weight excluding hydrogens is 298 g/mol. The Balaban J connectivity index is 1.98. The summed E-state index contributed by atoms with van der Waals surface area (Å²) in [5, 5.41) is 0.718. The molecule has 110 valence electrons. The zero-order valence-electron chi connectivity index (χ0n) is 11.4. The standard InChI is InChI=1S/C14H18ClNO3S/c1-20(17,18)9-11-6-10-2-3-12(15)7-13(10)16-4-5-19-8-14(11)16/h2-3,7,11,14H,4-6,8-9H2,1H3. The molecule has 3 rings (SSSR count). The molecule has 1 fully saturated rings. The SMILES string of the molecule is CS(=O)(=O)CC1Cc2ccc(Cl)cc2N2CCOCC12. The summed E-state index contributed by atoms with van der Waals surface area (Å²) in [5.41, 5.74) is 2.32. The Labute approximate surface area is 124 Å². The molecule has 0 bridgehead atoms.